The molecule has 5 aromatic rings. The van der Waals surface area contributed by atoms with Crippen molar-refractivity contribution in [3.05, 3.63) is 79.0 Å². The van der Waals surface area contributed by atoms with E-state index in [1.165, 1.54) is 12.1 Å². The number of hydrogen-bond donors (Lipinski definition) is 3. The van der Waals surface area contributed by atoms with Crippen LogP contribution in [0.15, 0.2) is 83.9 Å². The molecule has 0 fully saturated rings. The van der Waals surface area contributed by atoms with Gasteiger partial charge in [0.1, 0.15) is 11.4 Å². The monoisotopic (exact) mass is 558 g/mol. The maximum Gasteiger partial charge on any atom is 0.273 e. The third-order valence-corrected chi connectivity index (χ3v) is 7.68. The topological polar surface area (TPSA) is 149 Å². The van der Waals surface area contributed by atoms with Crippen molar-refractivity contribution in [3.63, 3.8) is 0 Å². The third kappa shape index (κ3) is 5.48. The van der Waals surface area contributed by atoms with Gasteiger partial charge in [-0.15, -0.1) is 0 Å². The lowest BCUT2D eigenvalue weighted by atomic mass is 10.1. The molecule has 1 amide bonds. The van der Waals surface area contributed by atoms with E-state index in [-0.39, 0.29) is 27.6 Å². The van der Waals surface area contributed by atoms with E-state index in [1.807, 2.05) is 24.3 Å². The number of benzene rings is 3. The Morgan fingerprint density at radius 3 is 2.38 bits per heavy atom. The minimum Gasteiger partial charge on any atom is -0.497 e. The maximum absolute atomic E-state index is 13.6. The zero-order valence-electron chi connectivity index (χ0n) is 22.1. The Bertz CT molecular complexity index is 1860. The van der Waals surface area contributed by atoms with E-state index in [0.717, 1.165) is 5.39 Å². The molecule has 2 heterocycles. The average molecular weight is 559 g/mol. The number of anilines is 3. The van der Waals surface area contributed by atoms with Crippen LogP contribution in [0.3, 0.4) is 0 Å². The molecule has 0 unspecified atom stereocenters. The number of aromatic nitrogens is 3. The van der Waals surface area contributed by atoms with Gasteiger partial charge in [-0.1, -0.05) is 24.3 Å². The molecule has 11 nitrogen and oxygen atoms in total. The highest BCUT2D eigenvalue weighted by molar-refractivity contribution is 7.92. The van der Waals surface area contributed by atoms with Gasteiger partial charge in [0.2, 0.25) is 0 Å². The Labute approximate surface area is 231 Å². The number of carbonyl (C=O) groups excluding carboxylic acids is 1. The second-order valence-electron chi connectivity index (χ2n) is 9.70. The first kappa shape index (κ1) is 26.8. The number of methoxy groups -OCH3 is 1. The molecule has 0 atom stereocenters. The summed E-state index contributed by atoms with van der Waals surface area (Å²) < 4.78 is 35.4. The fraction of sp³-hybridized carbons (Fsp3) is 0.143. The number of quaternary nitrogens is 1. The minimum atomic E-state index is -4.12. The minimum absolute atomic E-state index is 0.00175. The molecule has 12 heteroatoms. The smallest absolute Gasteiger partial charge is 0.273 e. The van der Waals surface area contributed by atoms with Crippen LogP contribution in [0.5, 0.6) is 5.75 Å². The van der Waals surface area contributed by atoms with Crippen LogP contribution < -0.4 is 25.0 Å². The molecule has 0 aliphatic heterocycles. The lowest BCUT2D eigenvalue weighted by Gasteiger charge is -2.28. The highest BCUT2D eigenvalue weighted by Gasteiger charge is 2.26. The van der Waals surface area contributed by atoms with Gasteiger partial charge < -0.3 is 15.8 Å². The molecule has 3 aromatic carbocycles. The highest BCUT2D eigenvalue weighted by Crippen LogP contribution is 2.33. The van der Waals surface area contributed by atoms with Crippen LogP contribution in [0.4, 0.5) is 23.0 Å². The summed E-state index contributed by atoms with van der Waals surface area (Å²) in [7, 11) is 0.984. The zero-order valence-corrected chi connectivity index (χ0v) is 22.9. The van der Waals surface area contributed by atoms with Crippen molar-refractivity contribution in [1.82, 2.24) is 19.4 Å². The Hall–Kier alpha value is -4.81. The number of carbonyl (C=O) groups is 1. The van der Waals surface area contributed by atoms with Gasteiger partial charge in [0, 0.05) is 23.7 Å². The van der Waals surface area contributed by atoms with Crippen LogP contribution in [0.2, 0.25) is 0 Å². The van der Waals surface area contributed by atoms with Crippen molar-refractivity contribution in [2.45, 2.75) is 4.90 Å². The quantitative estimate of drug-likeness (QED) is 0.231. The van der Waals surface area contributed by atoms with E-state index in [9.17, 15) is 13.2 Å². The fourth-order valence-corrected chi connectivity index (χ4v) is 5.41. The number of likely N-dealkylation sites (N-methyl/N-ethyl adjacent to an activating group) is 1. The van der Waals surface area contributed by atoms with Gasteiger partial charge in [0.25, 0.3) is 15.9 Å². The number of rotatable bonds is 9. The van der Waals surface area contributed by atoms with Gasteiger partial charge in [-0.05, 0) is 36.4 Å². The first-order valence-electron chi connectivity index (χ1n) is 12.3. The van der Waals surface area contributed by atoms with Crippen LogP contribution in [0.25, 0.3) is 21.9 Å². The van der Waals surface area contributed by atoms with E-state index in [2.05, 4.69) is 25.0 Å². The number of hydrogen-bond acceptors (Lipinski definition) is 8. The third-order valence-electron chi connectivity index (χ3n) is 6.35. The molecular weight excluding hydrogens is 530 g/mol. The van der Waals surface area contributed by atoms with E-state index in [1.54, 1.807) is 63.8 Å². The summed E-state index contributed by atoms with van der Waals surface area (Å²) in [4.78, 5) is 25.3. The Balaban J connectivity index is 1.59. The standard InChI is InChI=1S/C28H27N7O4S/c1-35(2,17-25(29)36)19-9-6-10-21(15-19)40(37,38)34-28-27(31-22-11-4-5-12-23(22)32-28)33-24-16-20(39-3)14-18-8-7-13-30-26(18)24/h4-16H,17H2,1-3H3,(H3-,29,31,32,33,34,36)/p+1. The Kier molecular flexibility index (Phi) is 6.96. The van der Waals surface area contributed by atoms with Crippen LogP contribution in [-0.2, 0) is 14.8 Å². The number of nitrogens with one attached hydrogen (secondary N) is 2. The number of pyridine rings is 1. The van der Waals surface area contributed by atoms with Crippen molar-refractivity contribution in [3.8, 4) is 5.75 Å². The predicted molar refractivity (Wildman–Crippen MR) is 156 cm³/mol. The molecule has 0 radical (unpaired) electrons. The number of amides is 1. The summed E-state index contributed by atoms with van der Waals surface area (Å²) in [5, 5.41) is 4.04. The van der Waals surface area contributed by atoms with Crippen molar-refractivity contribution < 1.29 is 17.9 Å². The average Bonchev–Trinajstić information content (AvgIpc) is 2.92. The number of ether oxygens (including phenoxy) is 1. The molecule has 0 bridgehead atoms. The molecule has 0 aliphatic rings. The molecule has 0 saturated heterocycles. The maximum atomic E-state index is 13.6. The van der Waals surface area contributed by atoms with Gasteiger partial charge in [0.15, 0.2) is 18.2 Å². The second-order valence-corrected chi connectivity index (χ2v) is 11.4. The summed E-state index contributed by atoms with van der Waals surface area (Å²) >= 11 is 0. The van der Waals surface area contributed by atoms with Gasteiger partial charge in [0.05, 0.1) is 48.3 Å². The van der Waals surface area contributed by atoms with Gasteiger partial charge in [-0.3, -0.25) is 19.0 Å². The summed E-state index contributed by atoms with van der Waals surface area (Å²) in [6, 6.07) is 20.8. The molecule has 2 aromatic heterocycles. The summed E-state index contributed by atoms with van der Waals surface area (Å²) in [5.74, 6) is 0.274. The summed E-state index contributed by atoms with van der Waals surface area (Å²) in [6.07, 6.45) is 1.67. The van der Waals surface area contributed by atoms with Gasteiger partial charge in [-0.25, -0.2) is 18.4 Å². The normalized spacial score (nSPS) is 11.9. The first-order valence-corrected chi connectivity index (χ1v) is 13.8. The molecular formula is C28H28N7O4S+. The van der Waals surface area contributed by atoms with E-state index >= 15 is 0 Å². The highest BCUT2D eigenvalue weighted by atomic mass is 32.2. The number of para-hydroxylation sites is 2. The molecule has 0 spiro atoms. The molecule has 0 aliphatic carbocycles. The SMILES string of the molecule is COc1cc(Nc2nc3ccccc3nc2NS(=O)(=O)c2cccc([N+](C)(C)CC(N)=O)c2)c2ncccc2c1. The van der Waals surface area contributed by atoms with Crippen LogP contribution in [0.1, 0.15) is 0 Å². The van der Waals surface area contributed by atoms with Crippen LogP contribution in [-0.4, -0.2) is 57.0 Å². The molecule has 204 valence electrons. The number of primary amides is 1. The summed E-state index contributed by atoms with van der Waals surface area (Å²) in [6.45, 7) is 0.00365. The van der Waals surface area contributed by atoms with Crippen molar-refractivity contribution in [2.75, 3.05) is 37.8 Å². The van der Waals surface area contributed by atoms with E-state index in [4.69, 9.17) is 10.5 Å². The van der Waals surface area contributed by atoms with Crippen LogP contribution >= 0.6 is 0 Å². The molecule has 40 heavy (non-hydrogen) atoms. The van der Waals surface area contributed by atoms with Crippen molar-refractivity contribution >= 4 is 60.9 Å². The molecule has 4 N–H and O–H groups in total. The van der Waals surface area contributed by atoms with E-state index < -0.39 is 15.9 Å². The second kappa shape index (κ2) is 10.4. The van der Waals surface area contributed by atoms with E-state index in [0.29, 0.717) is 33.7 Å². The molecule has 5 rings (SSSR count). The predicted octanol–water partition coefficient (Wildman–Crippen LogP) is 3.78. The number of fused-ring (bicyclic) bond motifs is 2. The van der Waals surface area contributed by atoms with Gasteiger partial charge in [-0.2, -0.15) is 0 Å². The van der Waals surface area contributed by atoms with Crippen molar-refractivity contribution in [1.29, 1.82) is 0 Å². The largest absolute Gasteiger partial charge is 0.497 e. The Morgan fingerprint density at radius 2 is 1.68 bits per heavy atom. The van der Waals surface area contributed by atoms with Crippen LogP contribution in [0, 0.1) is 0 Å². The fourth-order valence-electron chi connectivity index (χ4n) is 4.36. The Morgan fingerprint density at radius 1 is 0.950 bits per heavy atom. The number of sulfonamides is 1. The van der Waals surface area contributed by atoms with Gasteiger partial charge >= 0.3 is 0 Å². The lowest BCUT2D eigenvalue weighted by Crippen LogP contribution is -2.47. The first-order chi connectivity index (χ1) is 19.1. The lowest BCUT2D eigenvalue weighted by molar-refractivity contribution is -0.118. The van der Waals surface area contributed by atoms with Crippen molar-refractivity contribution in [2.24, 2.45) is 5.73 Å². The molecule has 0 saturated carbocycles. The zero-order chi connectivity index (χ0) is 28.5. The number of nitrogens with zero attached hydrogens (tertiary/aromatic N) is 4. The number of nitrogens with two attached hydrogens (primary N) is 1. The summed E-state index contributed by atoms with van der Waals surface area (Å²) in [5.41, 5.74) is 8.28.